The van der Waals surface area contributed by atoms with Crippen LogP contribution < -0.4 is 26.8 Å². The number of hydrogen-bond acceptors (Lipinski definition) is 6. The molecular weight excluding hydrogens is 524 g/mol. The summed E-state index contributed by atoms with van der Waals surface area (Å²) in [5, 5.41) is 5.62. The van der Waals surface area contributed by atoms with E-state index in [1.807, 2.05) is 0 Å². The molecule has 2 N–H and O–H groups in total. The van der Waals surface area contributed by atoms with Gasteiger partial charge in [0.15, 0.2) is 0 Å². The highest BCUT2D eigenvalue weighted by Gasteiger charge is 2.27. The molecule has 4 rings (SSSR count). The average molecular weight is 556 g/mol. The minimum atomic E-state index is -0.894. The zero-order chi connectivity index (χ0) is 29.0. The first-order chi connectivity index (χ1) is 18.9. The molecule has 40 heavy (non-hydrogen) atoms. The number of halogens is 2. The van der Waals surface area contributed by atoms with Crippen LogP contribution in [0.4, 0.5) is 19.3 Å². The Morgan fingerprint density at radius 1 is 1.05 bits per heavy atom. The molecule has 3 aromatic rings. The van der Waals surface area contributed by atoms with Crippen LogP contribution in [0, 0.1) is 11.6 Å². The monoisotopic (exact) mass is 555 g/mol. The predicted molar refractivity (Wildman–Crippen MR) is 144 cm³/mol. The Labute approximate surface area is 229 Å². The van der Waals surface area contributed by atoms with Crippen LogP contribution in [0.5, 0.6) is 0 Å². The molecule has 1 aliphatic rings. The first-order valence-corrected chi connectivity index (χ1v) is 12.8. The molecule has 10 nitrogen and oxygen atoms in total. The number of piperazine rings is 1. The summed E-state index contributed by atoms with van der Waals surface area (Å²) >= 11 is 0. The van der Waals surface area contributed by atoms with Crippen molar-refractivity contribution in [2.75, 3.05) is 24.5 Å². The summed E-state index contributed by atoms with van der Waals surface area (Å²) in [6.07, 6.45) is 0.381. The Hall–Kier alpha value is -4.32. The SMILES string of the molecule is CC(C)(C)OC(=O)N[C@@H](Cn1c(=O)c(N2CCNCC2=O)cn(Cc2c(F)cccc2F)c1=O)c1ccccc1. The summed E-state index contributed by atoms with van der Waals surface area (Å²) in [5.74, 6) is -2.12. The second kappa shape index (κ2) is 11.8. The molecule has 2 aromatic carbocycles. The van der Waals surface area contributed by atoms with Gasteiger partial charge in [0.2, 0.25) is 5.91 Å². The van der Waals surface area contributed by atoms with E-state index < -0.39 is 53.1 Å². The first kappa shape index (κ1) is 28.7. The fourth-order valence-electron chi connectivity index (χ4n) is 4.36. The van der Waals surface area contributed by atoms with Gasteiger partial charge in [-0.1, -0.05) is 36.4 Å². The van der Waals surface area contributed by atoms with Crippen molar-refractivity contribution in [2.24, 2.45) is 0 Å². The van der Waals surface area contributed by atoms with Gasteiger partial charge in [0.1, 0.15) is 22.9 Å². The van der Waals surface area contributed by atoms with Gasteiger partial charge in [0.25, 0.3) is 5.56 Å². The van der Waals surface area contributed by atoms with E-state index in [2.05, 4.69) is 10.6 Å². The topological polar surface area (TPSA) is 115 Å². The van der Waals surface area contributed by atoms with Crippen molar-refractivity contribution in [2.45, 2.75) is 45.5 Å². The maximum Gasteiger partial charge on any atom is 0.408 e. The number of carbonyl (C=O) groups excluding carboxylic acids is 2. The molecule has 1 aromatic heterocycles. The van der Waals surface area contributed by atoms with E-state index in [1.54, 1.807) is 51.1 Å². The van der Waals surface area contributed by atoms with Gasteiger partial charge in [0, 0.05) is 24.8 Å². The van der Waals surface area contributed by atoms with E-state index in [0.29, 0.717) is 12.1 Å². The Balaban J connectivity index is 1.83. The lowest BCUT2D eigenvalue weighted by molar-refractivity contribution is -0.118. The Bertz CT molecular complexity index is 1490. The van der Waals surface area contributed by atoms with Crippen LogP contribution >= 0.6 is 0 Å². The zero-order valence-electron chi connectivity index (χ0n) is 22.4. The molecular formula is C28H31F2N5O5. The van der Waals surface area contributed by atoms with Crippen molar-refractivity contribution in [1.82, 2.24) is 19.8 Å². The molecule has 0 spiro atoms. The second-order valence-corrected chi connectivity index (χ2v) is 10.4. The molecule has 2 heterocycles. The number of hydrogen-bond donors (Lipinski definition) is 2. The van der Waals surface area contributed by atoms with Gasteiger partial charge < -0.3 is 20.3 Å². The van der Waals surface area contributed by atoms with Crippen LogP contribution in [-0.2, 0) is 22.6 Å². The second-order valence-electron chi connectivity index (χ2n) is 10.4. The van der Waals surface area contributed by atoms with Crippen molar-refractivity contribution >= 4 is 17.7 Å². The van der Waals surface area contributed by atoms with Crippen LogP contribution in [0.25, 0.3) is 0 Å². The van der Waals surface area contributed by atoms with Crippen molar-refractivity contribution in [3.05, 3.63) is 98.3 Å². The van der Waals surface area contributed by atoms with Crippen molar-refractivity contribution in [3.63, 3.8) is 0 Å². The zero-order valence-corrected chi connectivity index (χ0v) is 22.4. The van der Waals surface area contributed by atoms with Gasteiger partial charge >= 0.3 is 11.8 Å². The highest BCUT2D eigenvalue weighted by molar-refractivity contribution is 5.95. The van der Waals surface area contributed by atoms with E-state index in [9.17, 15) is 28.0 Å². The summed E-state index contributed by atoms with van der Waals surface area (Å²) in [6, 6.07) is 11.1. The maximum absolute atomic E-state index is 14.5. The molecule has 0 unspecified atom stereocenters. The quantitative estimate of drug-likeness (QED) is 0.463. The Morgan fingerprint density at radius 3 is 2.35 bits per heavy atom. The van der Waals surface area contributed by atoms with Crippen molar-refractivity contribution < 1.29 is 23.1 Å². The number of anilines is 1. The fraction of sp³-hybridized carbons (Fsp3) is 0.357. The van der Waals surface area contributed by atoms with Crippen LogP contribution in [0.1, 0.15) is 37.9 Å². The number of amides is 2. The number of aromatic nitrogens is 2. The lowest BCUT2D eigenvalue weighted by Gasteiger charge is -2.28. The van der Waals surface area contributed by atoms with E-state index in [0.717, 1.165) is 27.5 Å². The largest absolute Gasteiger partial charge is 0.444 e. The third kappa shape index (κ3) is 6.63. The molecule has 1 fully saturated rings. The molecule has 1 saturated heterocycles. The summed E-state index contributed by atoms with van der Waals surface area (Å²) in [7, 11) is 0. The number of nitrogens with zero attached hydrogens (tertiary/aromatic N) is 3. The highest BCUT2D eigenvalue weighted by Crippen LogP contribution is 2.18. The summed E-state index contributed by atoms with van der Waals surface area (Å²) in [5.41, 5.74) is -2.37. The van der Waals surface area contributed by atoms with Gasteiger partial charge in [0.05, 0.1) is 25.7 Å². The lowest BCUT2D eigenvalue weighted by Crippen LogP contribution is -2.52. The molecule has 0 aliphatic carbocycles. The molecule has 1 aliphatic heterocycles. The fourth-order valence-corrected chi connectivity index (χ4v) is 4.36. The smallest absolute Gasteiger partial charge is 0.408 e. The van der Waals surface area contributed by atoms with Crippen LogP contribution in [0.2, 0.25) is 0 Å². The molecule has 0 radical (unpaired) electrons. The van der Waals surface area contributed by atoms with Gasteiger partial charge in [-0.25, -0.2) is 18.4 Å². The molecule has 0 bridgehead atoms. The number of nitrogens with one attached hydrogen (secondary N) is 2. The van der Waals surface area contributed by atoms with E-state index >= 15 is 0 Å². The maximum atomic E-state index is 14.5. The third-order valence-corrected chi connectivity index (χ3v) is 6.25. The van der Waals surface area contributed by atoms with E-state index in [-0.39, 0.29) is 30.9 Å². The third-order valence-electron chi connectivity index (χ3n) is 6.25. The lowest BCUT2D eigenvalue weighted by atomic mass is 10.1. The number of carbonyl (C=O) groups is 2. The minimum absolute atomic E-state index is 0.0205. The highest BCUT2D eigenvalue weighted by atomic mass is 19.1. The van der Waals surface area contributed by atoms with Gasteiger partial charge in [-0.3, -0.25) is 18.7 Å². The van der Waals surface area contributed by atoms with Gasteiger partial charge in [-0.15, -0.1) is 0 Å². The average Bonchev–Trinajstić information content (AvgIpc) is 2.89. The number of alkyl carbamates (subject to hydrolysis) is 1. The summed E-state index contributed by atoms with van der Waals surface area (Å²) in [4.78, 5) is 53.9. The van der Waals surface area contributed by atoms with Crippen molar-refractivity contribution in [1.29, 1.82) is 0 Å². The van der Waals surface area contributed by atoms with Gasteiger partial charge in [-0.2, -0.15) is 0 Å². The predicted octanol–water partition coefficient (Wildman–Crippen LogP) is 2.54. The van der Waals surface area contributed by atoms with Crippen molar-refractivity contribution in [3.8, 4) is 0 Å². The van der Waals surface area contributed by atoms with Crippen LogP contribution in [-0.4, -0.2) is 46.4 Å². The molecule has 212 valence electrons. The normalized spacial score (nSPS) is 14.6. The van der Waals surface area contributed by atoms with Gasteiger partial charge in [-0.05, 0) is 38.5 Å². The molecule has 12 heteroatoms. The van der Waals surface area contributed by atoms with E-state index in [1.165, 1.54) is 11.0 Å². The first-order valence-electron chi connectivity index (χ1n) is 12.8. The summed E-state index contributed by atoms with van der Waals surface area (Å²) < 4.78 is 36.3. The summed E-state index contributed by atoms with van der Waals surface area (Å²) in [6.45, 7) is 4.76. The number of ether oxygens (including phenoxy) is 1. The van der Waals surface area contributed by atoms with Crippen LogP contribution in [0.15, 0.2) is 64.3 Å². The Kier molecular flexibility index (Phi) is 8.48. The standard InChI is InChI=1S/C28H31F2N5O5/c1-28(2,3)40-26(38)32-22(18-8-5-4-6-9-18)16-35-25(37)23(34-13-12-31-14-24(34)36)17-33(27(35)39)15-19-20(29)10-7-11-21(19)30/h4-11,17,22,31H,12-16H2,1-3H3,(H,32,38)/t22-/m0/s1. The number of benzene rings is 2. The molecule has 0 saturated carbocycles. The number of rotatable bonds is 7. The van der Waals surface area contributed by atoms with Crippen LogP contribution in [0.3, 0.4) is 0 Å². The molecule has 1 atom stereocenters. The van der Waals surface area contributed by atoms with E-state index in [4.69, 9.17) is 4.74 Å². The minimum Gasteiger partial charge on any atom is -0.444 e. The molecule has 2 amide bonds. The Morgan fingerprint density at radius 2 is 1.73 bits per heavy atom.